The number of carboxylic acid groups (broad SMARTS) is 1. The van der Waals surface area contributed by atoms with Gasteiger partial charge in [-0.3, -0.25) is 4.79 Å². The van der Waals surface area contributed by atoms with Crippen molar-refractivity contribution in [1.82, 2.24) is 0 Å². The van der Waals surface area contributed by atoms with Crippen LogP contribution < -0.4 is 0 Å². The lowest BCUT2D eigenvalue weighted by atomic mass is 9.84. The zero-order chi connectivity index (χ0) is 14.5. The zero-order valence-electron chi connectivity index (χ0n) is 12.0. The van der Waals surface area contributed by atoms with Crippen LogP contribution in [0.1, 0.15) is 41.0 Å². The molecular formula is C18H20O2. The minimum absolute atomic E-state index is 0.146. The molecule has 20 heavy (non-hydrogen) atoms. The molecule has 0 spiro atoms. The fourth-order valence-corrected chi connectivity index (χ4v) is 2.67. The van der Waals surface area contributed by atoms with Crippen LogP contribution in [0.2, 0.25) is 0 Å². The SMILES string of the molecule is Cc1ccc(C(CCC(=O)O)c2ccccc2)c(C)c1. The molecule has 2 aromatic rings. The van der Waals surface area contributed by atoms with Crippen molar-refractivity contribution in [2.24, 2.45) is 0 Å². The van der Waals surface area contributed by atoms with Crippen molar-refractivity contribution in [2.45, 2.75) is 32.6 Å². The summed E-state index contributed by atoms with van der Waals surface area (Å²) in [5, 5.41) is 8.97. The van der Waals surface area contributed by atoms with Crippen molar-refractivity contribution >= 4 is 5.97 Å². The first-order valence-electron chi connectivity index (χ1n) is 6.92. The third-order valence-corrected chi connectivity index (χ3v) is 3.65. The molecule has 0 saturated carbocycles. The fraction of sp³-hybridized carbons (Fsp3) is 0.278. The fourth-order valence-electron chi connectivity index (χ4n) is 2.67. The molecule has 1 unspecified atom stereocenters. The highest BCUT2D eigenvalue weighted by molar-refractivity contribution is 5.67. The second-order valence-electron chi connectivity index (χ2n) is 5.26. The van der Waals surface area contributed by atoms with E-state index in [1.165, 1.54) is 22.3 Å². The Morgan fingerprint density at radius 1 is 1.10 bits per heavy atom. The lowest BCUT2D eigenvalue weighted by Crippen LogP contribution is -2.06. The third-order valence-electron chi connectivity index (χ3n) is 3.65. The predicted molar refractivity (Wildman–Crippen MR) is 81.1 cm³/mol. The molecule has 0 radical (unpaired) electrons. The molecule has 2 nitrogen and oxygen atoms in total. The standard InChI is InChI=1S/C18H20O2/c1-13-8-9-16(14(2)12-13)17(10-11-18(19)20)15-6-4-3-5-7-15/h3-9,12,17H,10-11H2,1-2H3,(H,19,20). The van der Waals surface area contributed by atoms with E-state index in [1.807, 2.05) is 18.2 Å². The Morgan fingerprint density at radius 2 is 1.80 bits per heavy atom. The summed E-state index contributed by atoms with van der Waals surface area (Å²) < 4.78 is 0. The van der Waals surface area contributed by atoms with Gasteiger partial charge < -0.3 is 5.11 Å². The number of rotatable bonds is 5. The second kappa shape index (κ2) is 6.38. The molecule has 0 fully saturated rings. The van der Waals surface area contributed by atoms with Crippen molar-refractivity contribution < 1.29 is 9.90 Å². The molecule has 0 heterocycles. The Kier molecular flexibility index (Phi) is 4.57. The molecule has 0 saturated heterocycles. The molecule has 0 aromatic heterocycles. The number of benzene rings is 2. The highest BCUT2D eigenvalue weighted by Gasteiger charge is 2.17. The van der Waals surface area contributed by atoms with Gasteiger partial charge in [-0.2, -0.15) is 0 Å². The molecule has 0 amide bonds. The van der Waals surface area contributed by atoms with E-state index in [0.717, 1.165) is 0 Å². The van der Waals surface area contributed by atoms with E-state index in [-0.39, 0.29) is 12.3 Å². The summed E-state index contributed by atoms with van der Waals surface area (Å²) in [6.45, 7) is 4.17. The normalized spacial score (nSPS) is 12.1. The first-order valence-corrected chi connectivity index (χ1v) is 6.92. The molecule has 1 atom stereocenters. The Balaban J connectivity index is 2.37. The maximum Gasteiger partial charge on any atom is 0.303 e. The summed E-state index contributed by atoms with van der Waals surface area (Å²) in [4.78, 5) is 10.9. The van der Waals surface area contributed by atoms with Crippen molar-refractivity contribution in [1.29, 1.82) is 0 Å². The first-order chi connectivity index (χ1) is 9.58. The van der Waals surface area contributed by atoms with Crippen molar-refractivity contribution in [3.63, 3.8) is 0 Å². The molecule has 0 aliphatic carbocycles. The number of carboxylic acids is 1. The van der Waals surface area contributed by atoms with E-state index in [0.29, 0.717) is 6.42 Å². The number of carbonyl (C=O) groups is 1. The molecule has 2 rings (SSSR count). The molecule has 0 aliphatic heterocycles. The van der Waals surface area contributed by atoms with Crippen LogP contribution in [-0.2, 0) is 4.79 Å². The number of hydrogen-bond donors (Lipinski definition) is 1. The van der Waals surface area contributed by atoms with Gasteiger partial charge in [-0.05, 0) is 37.0 Å². The van der Waals surface area contributed by atoms with Crippen LogP contribution in [0.3, 0.4) is 0 Å². The summed E-state index contributed by atoms with van der Waals surface area (Å²) in [5.41, 5.74) is 4.87. The molecular weight excluding hydrogens is 248 g/mol. The maximum atomic E-state index is 10.9. The van der Waals surface area contributed by atoms with Gasteiger partial charge in [0.15, 0.2) is 0 Å². The Hall–Kier alpha value is -2.09. The monoisotopic (exact) mass is 268 g/mol. The molecule has 104 valence electrons. The summed E-state index contributed by atoms with van der Waals surface area (Å²) in [7, 11) is 0. The van der Waals surface area contributed by atoms with Crippen LogP contribution in [0.15, 0.2) is 48.5 Å². The summed E-state index contributed by atoms with van der Waals surface area (Å²) >= 11 is 0. The maximum absolute atomic E-state index is 10.9. The van der Waals surface area contributed by atoms with Gasteiger partial charge in [0.1, 0.15) is 0 Å². The van der Waals surface area contributed by atoms with Crippen molar-refractivity contribution in [2.75, 3.05) is 0 Å². The number of aliphatic carboxylic acids is 1. The van der Waals surface area contributed by atoms with Crippen LogP contribution in [0, 0.1) is 13.8 Å². The average Bonchev–Trinajstić information content (AvgIpc) is 2.42. The molecule has 2 heteroatoms. The lowest BCUT2D eigenvalue weighted by Gasteiger charge is -2.20. The van der Waals surface area contributed by atoms with Crippen LogP contribution >= 0.6 is 0 Å². The average molecular weight is 268 g/mol. The van der Waals surface area contributed by atoms with Gasteiger partial charge in [0.2, 0.25) is 0 Å². The number of aryl methyl sites for hydroxylation is 2. The largest absolute Gasteiger partial charge is 0.481 e. The predicted octanol–water partition coefficient (Wildman–Crippen LogP) is 4.30. The highest BCUT2D eigenvalue weighted by atomic mass is 16.4. The van der Waals surface area contributed by atoms with E-state index in [1.54, 1.807) is 0 Å². The van der Waals surface area contributed by atoms with E-state index in [4.69, 9.17) is 5.11 Å². The Morgan fingerprint density at radius 3 is 2.40 bits per heavy atom. The smallest absolute Gasteiger partial charge is 0.303 e. The van der Waals surface area contributed by atoms with Gasteiger partial charge in [0.05, 0.1) is 0 Å². The van der Waals surface area contributed by atoms with Crippen molar-refractivity contribution in [3.05, 3.63) is 70.8 Å². The topological polar surface area (TPSA) is 37.3 Å². The van der Waals surface area contributed by atoms with Crippen LogP contribution in [0.25, 0.3) is 0 Å². The molecule has 0 bridgehead atoms. The summed E-state index contributed by atoms with van der Waals surface area (Å²) in [5.74, 6) is -0.594. The van der Waals surface area contributed by atoms with E-state index >= 15 is 0 Å². The molecule has 1 N–H and O–H groups in total. The highest BCUT2D eigenvalue weighted by Crippen LogP contribution is 2.31. The van der Waals surface area contributed by atoms with Gasteiger partial charge in [-0.1, -0.05) is 54.1 Å². The Labute approximate surface area is 120 Å². The number of hydrogen-bond acceptors (Lipinski definition) is 1. The van der Waals surface area contributed by atoms with E-state index in [2.05, 4.69) is 44.2 Å². The van der Waals surface area contributed by atoms with Crippen LogP contribution in [0.5, 0.6) is 0 Å². The minimum Gasteiger partial charge on any atom is -0.481 e. The lowest BCUT2D eigenvalue weighted by molar-refractivity contribution is -0.137. The van der Waals surface area contributed by atoms with Gasteiger partial charge in [-0.15, -0.1) is 0 Å². The molecule has 0 aliphatic rings. The van der Waals surface area contributed by atoms with Gasteiger partial charge in [-0.25, -0.2) is 0 Å². The second-order valence-corrected chi connectivity index (χ2v) is 5.26. The third kappa shape index (κ3) is 3.47. The van der Waals surface area contributed by atoms with Gasteiger partial charge in [0.25, 0.3) is 0 Å². The summed E-state index contributed by atoms with van der Waals surface area (Å²) in [6.07, 6.45) is 0.816. The first kappa shape index (κ1) is 14.3. The van der Waals surface area contributed by atoms with Crippen LogP contribution in [0.4, 0.5) is 0 Å². The summed E-state index contributed by atoms with van der Waals surface area (Å²) in [6, 6.07) is 16.5. The van der Waals surface area contributed by atoms with Crippen LogP contribution in [-0.4, -0.2) is 11.1 Å². The quantitative estimate of drug-likeness (QED) is 0.877. The van der Waals surface area contributed by atoms with E-state index < -0.39 is 5.97 Å². The van der Waals surface area contributed by atoms with Crippen molar-refractivity contribution in [3.8, 4) is 0 Å². The molecule has 2 aromatic carbocycles. The Bertz CT molecular complexity index is 588. The van der Waals surface area contributed by atoms with Gasteiger partial charge >= 0.3 is 5.97 Å². The zero-order valence-corrected chi connectivity index (χ0v) is 12.0. The van der Waals surface area contributed by atoms with E-state index in [9.17, 15) is 4.79 Å². The minimum atomic E-state index is -0.740. The van der Waals surface area contributed by atoms with Gasteiger partial charge in [0, 0.05) is 12.3 Å².